The number of thioether (sulfide) groups is 1. The third-order valence-corrected chi connectivity index (χ3v) is 7.07. The van der Waals surface area contributed by atoms with Gasteiger partial charge in [0.2, 0.25) is 0 Å². The topological polar surface area (TPSA) is 89.0 Å². The third kappa shape index (κ3) is 4.94. The molecule has 37 heavy (non-hydrogen) atoms. The first-order chi connectivity index (χ1) is 17.8. The van der Waals surface area contributed by atoms with Crippen LogP contribution in [0, 0.1) is 24.0 Å². The van der Waals surface area contributed by atoms with Gasteiger partial charge in [-0.05, 0) is 73.1 Å². The molecule has 2 heterocycles. The molecule has 1 aliphatic heterocycles. The van der Waals surface area contributed by atoms with E-state index < -0.39 is 4.92 Å². The van der Waals surface area contributed by atoms with Gasteiger partial charge in [0.25, 0.3) is 11.6 Å². The zero-order valence-electron chi connectivity index (χ0n) is 19.8. The lowest BCUT2D eigenvalue weighted by Crippen LogP contribution is -2.28. The quantitative estimate of drug-likeness (QED) is 0.149. The van der Waals surface area contributed by atoms with Crippen LogP contribution in [0.3, 0.4) is 0 Å². The number of para-hydroxylation sites is 2. The lowest BCUT2D eigenvalue weighted by molar-refractivity contribution is -0.384. The molecule has 0 atom stereocenters. The minimum Gasteiger partial charge on any atom is -0.457 e. The number of carbonyl (C=O) groups is 1. The summed E-state index contributed by atoms with van der Waals surface area (Å²) in [6.07, 6.45) is 1.67. The maximum absolute atomic E-state index is 13.5. The largest absolute Gasteiger partial charge is 0.457 e. The number of benzene rings is 3. The molecule has 0 N–H and O–H groups in total. The van der Waals surface area contributed by atoms with Crippen LogP contribution < -0.4 is 4.90 Å². The first-order valence-electron chi connectivity index (χ1n) is 11.3. The zero-order valence-corrected chi connectivity index (χ0v) is 21.4. The first kappa shape index (κ1) is 24.5. The standard InChI is InChI=1S/C28H20ClN3O4S/c1-17-7-6-8-18(2)26(17)30-28-31(20-9-4-3-5-10-20)27(33)25(37-28)16-21-12-14-24(36-21)19-11-13-23(32(34)35)22(29)15-19/h3-16H,1-2H3/b25-16-,30-28?. The molecule has 0 saturated carbocycles. The number of aliphatic imine (C=N–C) groups is 1. The molecule has 1 amide bonds. The number of nitro benzene ring substituents is 1. The fourth-order valence-corrected chi connectivity index (χ4v) is 5.17. The number of furan rings is 1. The van der Waals surface area contributed by atoms with Crippen molar-refractivity contribution in [1.82, 2.24) is 0 Å². The molecule has 4 aromatic rings. The Morgan fingerprint density at radius 1 is 1.00 bits per heavy atom. The van der Waals surface area contributed by atoms with E-state index in [4.69, 9.17) is 21.0 Å². The third-order valence-electron chi connectivity index (χ3n) is 5.80. The Morgan fingerprint density at radius 3 is 2.41 bits per heavy atom. The van der Waals surface area contributed by atoms with Crippen molar-refractivity contribution >= 4 is 57.6 Å². The van der Waals surface area contributed by atoms with Gasteiger partial charge in [0.15, 0.2) is 5.17 Å². The van der Waals surface area contributed by atoms with E-state index in [9.17, 15) is 14.9 Å². The normalized spacial score (nSPS) is 15.6. The predicted octanol–water partition coefficient (Wildman–Crippen LogP) is 7.93. The first-order valence-corrected chi connectivity index (χ1v) is 12.5. The van der Waals surface area contributed by atoms with Crippen LogP contribution >= 0.6 is 23.4 Å². The van der Waals surface area contributed by atoms with Crippen LogP contribution in [-0.4, -0.2) is 16.0 Å². The molecule has 0 bridgehead atoms. The highest BCUT2D eigenvalue weighted by Crippen LogP contribution is 2.39. The van der Waals surface area contributed by atoms with E-state index in [0.717, 1.165) is 16.8 Å². The molecule has 5 rings (SSSR count). The molecule has 0 unspecified atom stereocenters. The number of carbonyl (C=O) groups excluding carboxylic acids is 1. The predicted molar refractivity (Wildman–Crippen MR) is 148 cm³/mol. The second kappa shape index (κ2) is 10.1. The van der Waals surface area contributed by atoms with Crippen LogP contribution in [0.4, 0.5) is 17.1 Å². The average Bonchev–Trinajstić information content (AvgIpc) is 3.46. The molecular weight excluding hydrogens is 510 g/mol. The van der Waals surface area contributed by atoms with E-state index in [1.807, 2.05) is 62.4 Å². The second-order valence-electron chi connectivity index (χ2n) is 8.35. The number of hydrogen-bond donors (Lipinski definition) is 0. The van der Waals surface area contributed by atoms with Gasteiger partial charge in [0.05, 0.1) is 21.2 Å². The Balaban J connectivity index is 1.51. The van der Waals surface area contributed by atoms with Crippen LogP contribution in [0.25, 0.3) is 17.4 Å². The fraction of sp³-hybridized carbons (Fsp3) is 0.0714. The monoisotopic (exact) mass is 529 g/mol. The minimum absolute atomic E-state index is 0.0196. The molecule has 0 radical (unpaired) electrons. The molecule has 0 aliphatic carbocycles. The molecule has 7 nitrogen and oxygen atoms in total. The summed E-state index contributed by atoms with van der Waals surface area (Å²) < 4.78 is 5.94. The van der Waals surface area contributed by atoms with Gasteiger partial charge in [-0.2, -0.15) is 0 Å². The summed E-state index contributed by atoms with van der Waals surface area (Å²) in [7, 11) is 0. The van der Waals surface area contributed by atoms with Crippen molar-refractivity contribution in [2.24, 2.45) is 4.99 Å². The molecule has 1 saturated heterocycles. The zero-order chi connectivity index (χ0) is 26.1. The maximum Gasteiger partial charge on any atom is 0.287 e. The Kier molecular flexibility index (Phi) is 6.69. The van der Waals surface area contributed by atoms with Crippen LogP contribution in [0.5, 0.6) is 0 Å². The number of nitrogens with zero attached hydrogens (tertiary/aromatic N) is 3. The minimum atomic E-state index is -0.539. The summed E-state index contributed by atoms with van der Waals surface area (Å²) in [6, 6.07) is 23.2. The fourth-order valence-electron chi connectivity index (χ4n) is 3.95. The molecule has 1 aliphatic rings. The maximum atomic E-state index is 13.5. The van der Waals surface area contributed by atoms with Gasteiger partial charge in [-0.1, -0.05) is 48.0 Å². The van der Waals surface area contributed by atoms with Gasteiger partial charge in [-0.25, -0.2) is 4.99 Å². The van der Waals surface area contributed by atoms with Crippen molar-refractivity contribution in [3.63, 3.8) is 0 Å². The number of amidine groups is 1. The Labute approximate surface area is 222 Å². The Hall–Kier alpha value is -4.14. The van der Waals surface area contributed by atoms with Gasteiger partial charge in [0.1, 0.15) is 16.5 Å². The van der Waals surface area contributed by atoms with Crippen LogP contribution in [0.1, 0.15) is 16.9 Å². The molecule has 3 aromatic carbocycles. The highest BCUT2D eigenvalue weighted by atomic mass is 35.5. The molecule has 1 fully saturated rings. The summed E-state index contributed by atoms with van der Waals surface area (Å²) in [5, 5.41) is 11.6. The lowest BCUT2D eigenvalue weighted by atomic mass is 10.1. The highest BCUT2D eigenvalue weighted by Gasteiger charge is 2.35. The number of hydrogen-bond acceptors (Lipinski definition) is 6. The van der Waals surface area contributed by atoms with Crippen molar-refractivity contribution in [3.8, 4) is 11.3 Å². The Bertz CT molecular complexity index is 1570. The number of aryl methyl sites for hydroxylation is 2. The smallest absolute Gasteiger partial charge is 0.287 e. The highest BCUT2D eigenvalue weighted by molar-refractivity contribution is 8.19. The molecule has 1 aromatic heterocycles. The van der Waals surface area contributed by atoms with E-state index in [1.165, 1.54) is 23.9 Å². The summed E-state index contributed by atoms with van der Waals surface area (Å²) in [6.45, 7) is 3.98. The van der Waals surface area contributed by atoms with Gasteiger partial charge in [-0.15, -0.1) is 0 Å². The van der Waals surface area contributed by atoms with Crippen molar-refractivity contribution < 1.29 is 14.1 Å². The van der Waals surface area contributed by atoms with Crippen molar-refractivity contribution in [3.05, 3.63) is 116 Å². The van der Waals surface area contributed by atoms with E-state index in [-0.39, 0.29) is 16.6 Å². The average molecular weight is 530 g/mol. The van der Waals surface area contributed by atoms with Crippen molar-refractivity contribution in [2.75, 3.05) is 4.90 Å². The van der Waals surface area contributed by atoms with Crippen molar-refractivity contribution in [1.29, 1.82) is 0 Å². The number of rotatable bonds is 5. The van der Waals surface area contributed by atoms with E-state index in [2.05, 4.69) is 0 Å². The van der Waals surface area contributed by atoms with Gasteiger partial charge in [-0.3, -0.25) is 19.8 Å². The van der Waals surface area contributed by atoms with Gasteiger partial charge < -0.3 is 4.42 Å². The molecule has 184 valence electrons. The van der Waals surface area contributed by atoms with Crippen LogP contribution in [-0.2, 0) is 4.79 Å². The summed E-state index contributed by atoms with van der Waals surface area (Å²) in [5.74, 6) is 0.725. The second-order valence-corrected chi connectivity index (χ2v) is 9.76. The molecule has 9 heteroatoms. The van der Waals surface area contributed by atoms with Gasteiger partial charge in [0, 0.05) is 17.7 Å². The number of anilines is 1. The lowest BCUT2D eigenvalue weighted by Gasteiger charge is -2.16. The summed E-state index contributed by atoms with van der Waals surface area (Å²) >= 11 is 7.33. The SMILES string of the molecule is Cc1cccc(C)c1N=C1S/C(=C\c2ccc(-c3ccc([N+](=O)[O-])c(Cl)c3)o2)C(=O)N1c1ccccc1. The van der Waals surface area contributed by atoms with Crippen LogP contribution in [0.2, 0.25) is 5.02 Å². The van der Waals surface area contributed by atoms with E-state index in [1.54, 1.807) is 29.2 Å². The van der Waals surface area contributed by atoms with Gasteiger partial charge >= 0.3 is 0 Å². The van der Waals surface area contributed by atoms with Crippen LogP contribution in [0.15, 0.2) is 93.2 Å². The molecule has 0 spiro atoms. The Morgan fingerprint density at radius 2 is 1.73 bits per heavy atom. The summed E-state index contributed by atoms with van der Waals surface area (Å²) in [4.78, 5) is 31.0. The number of nitro groups is 1. The number of halogens is 1. The molecular formula is C28H20ClN3O4S. The van der Waals surface area contributed by atoms with Crippen molar-refractivity contribution in [2.45, 2.75) is 13.8 Å². The number of amides is 1. The van der Waals surface area contributed by atoms with E-state index in [0.29, 0.717) is 32.8 Å². The van der Waals surface area contributed by atoms with E-state index >= 15 is 0 Å². The summed E-state index contributed by atoms with van der Waals surface area (Å²) in [5.41, 5.74) is 3.99.